The maximum absolute atomic E-state index is 5.77. The zero-order chi connectivity index (χ0) is 17.8. The molecule has 134 valence electrons. The Morgan fingerprint density at radius 3 is 2.12 bits per heavy atom. The summed E-state index contributed by atoms with van der Waals surface area (Å²) in [5, 5.41) is 0. The third-order valence-electron chi connectivity index (χ3n) is 7.11. The normalized spacial score (nSPS) is 30.0. The first-order valence-corrected chi connectivity index (χ1v) is 10.5. The topological polar surface area (TPSA) is 9.23 Å². The van der Waals surface area contributed by atoms with E-state index in [1.807, 2.05) is 0 Å². The fourth-order valence-corrected chi connectivity index (χ4v) is 5.32. The molecule has 0 saturated heterocycles. The molecule has 0 aliphatic heterocycles. The summed E-state index contributed by atoms with van der Waals surface area (Å²) < 4.78 is 5.77. The molecule has 0 N–H and O–H groups in total. The smallest absolute Gasteiger partial charge is 0.143 e. The molecule has 0 aromatic heterocycles. The highest BCUT2D eigenvalue weighted by Crippen LogP contribution is 2.43. The molecule has 0 bridgehead atoms. The lowest BCUT2D eigenvalue weighted by Crippen LogP contribution is -2.33. The van der Waals surface area contributed by atoms with E-state index in [1.54, 1.807) is 5.56 Å². The maximum atomic E-state index is 5.77. The minimum Gasteiger partial charge on any atom is -0.495 e. The van der Waals surface area contributed by atoms with Gasteiger partial charge in [-0.3, -0.25) is 0 Å². The highest BCUT2D eigenvalue weighted by atomic mass is 16.5. The quantitative estimate of drug-likeness (QED) is 0.594. The van der Waals surface area contributed by atoms with E-state index in [1.165, 1.54) is 62.3 Å². The third-order valence-corrected chi connectivity index (χ3v) is 7.11. The molecule has 1 aromatic carbocycles. The van der Waals surface area contributed by atoms with Gasteiger partial charge in [-0.2, -0.15) is 0 Å². The van der Waals surface area contributed by atoms with Gasteiger partial charge in [0, 0.05) is 0 Å². The largest absolute Gasteiger partial charge is 0.495 e. The van der Waals surface area contributed by atoms with Crippen molar-refractivity contribution in [1.29, 1.82) is 0 Å². The summed E-state index contributed by atoms with van der Waals surface area (Å²) in [4.78, 5) is 0. The van der Waals surface area contributed by atoms with Crippen molar-refractivity contribution < 1.29 is 4.74 Å². The molecule has 0 unspecified atom stereocenters. The van der Waals surface area contributed by atoms with Gasteiger partial charge in [0.05, 0.1) is 6.61 Å². The Bertz CT molecular complexity index is 582. The van der Waals surface area contributed by atoms with Crippen LogP contribution in [0.5, 0.6) is 5.75 Å². The standard InChI is InChI=1S/C22H34B2O/c1-3-15-5-7-16(8-6-15)17-9-11-18(12-10-17)19-13-14-20(25-4-2)22(24)21(19)23/h3,13-18H,1,4-12,23-24H2,2H3. The summed E-state index contributed by atoms with van der Waals surface area (Å²) in [6.45, 7) is 6.80. The molecule has 2 aliphatic rings. The van der Waals surface area contributed by atoms with Gasteiger partial charge < -0.3 is 4.74 Å². The van der Waals surface area contributed by atoms with Crippen molar-refractivity contribution in [2.24, 2.45) is 17.8 Å². The lowest BCUT2D eigenvalue weighted by atomic mass is 9.66. The molecule has 25 heavy (non-hydrogen) atoms. The molecule has 0 amide bonds. The Balaban J connectivity index is 1.59. The minimum atomic E-state index is 0.749. The van der Waals surface area contributed by atoms with Gasteiger partial charge in [0.15, 0.2) is 0 Å². The van der Waals surface area contributed by atoms with Crippen LogP contribution in [-0.2, 0) is 0 Å². The number of rotatable bonds is 5. The molecule has 2 aliphatic carbocycles. The average molecular weight is 336 g/mol. The molecule has 3 rings (SSSR count). The fraction of sp³-hybridized carbons (Fsp3) is 0.636. The monoisotopic (exact) mass is 336 g/mol. The zero-order valence-electron chi connectivity index (χ0n) is 16.5. The van der Waals surface area contributed by atoms with Crippen molar-refractivity contribution >= 4 is 26.6 Å². The lowest BCUT2D eigenvalue weighted by molar-refractivity contribution is 0.172. The first kappa shape index (κ1) is 18.7. The van der Waals surface area contributed by atoms with Gasteiger partial charge in [0.1, 0.15) is 21.4 Å². The van der Waals surface area contributed by atoms with Crippen molar-refractivity contribution in [2.75, 3.05) is 6.61 Å². The Morgan fingerprint density at radius 2 is 1.56 bits per heavy atom. The van der Waals surface area contributed by atoms with E-state index in [2.05, 4.69) is 47.4 Å². The maximum Gasteiger partial charge on any atom is 0.143 e. The average Bonchev–Trinajstić information content (AvgIpc) is 2.66. The first-order valence-electron chi connectivity index (χ1n) is 10.5. The summed E-state index contributed by atoms with van der Waals surface area (Å²) in [5.74, 6) is 4.58. The number of ether oxygens (including phenoxy) is 1. The Morgan fingerprint density at radius 1 is 0.960 bits per heavy atom. The van der Waals surface area contributed by atoms with Crippen molar-refractivity contribution in [1.82, 2.24) is 0 Å². The van der Waals surface area contributed by atoms with E-state index in [4.69, 9.17) is 4.74 Å². The molecule has 2 saturated carbocycles. The van der Waals surface area contributed by atoms with E-state index in [9.17, 15) is 0 Å². The highest BCUT2D eigenvalue weighted by molar-refractivity contribution is 6.50. The molecule has 0 atom stereocenters. The molecule has 0 spiro atoms. The summed E-state index contributed by atoms with van der Waals surface area (Å²) in [6.07, 6.45) is 13.4. The van der Waals surface area contributed by atoms with Gasteiger partial charge >= 0.3 is 0 Å². The second-order valence-electron chi connectivity index (χ2n) is 8.36. The second kappa shape index (κ2) is 8.52. The molecule has 0 heterocycles. The van der Waals surface area contributed by atoms with Gasteiger partial charge in [-0.15, -0.1) is 6.58 Å². The number of benzene rings is 1. The Hall–Kier alpha value is -1.11. The number of hydrogen-bond donors (Lipinski definition) is 0. The predicted molar refractivity (Wildman–Crippen MR) is 114 cm³/mol. The third kappa shape index (κ3) is 4.18. The van der Waals surface area contributed by atoms with Crippen molar-refractivity contribution in [3.8, 4) is 5.75 Å². The van der Waals surface area contributed by atoms with Crippen molar-refractivity contribution in [3.63, 3.8) is 0 Å². The van der Waals surface area contributed by atoms with Gasteiger partial charge in [-0.05, 0) is 88.0 Å². The van der Waals surface area contributed by atoms with E-state index in [0.717, 1.165) is 36.0 Å². The molecule has 0 radical (unpaired) electrons. The Kier molecular flexibility index (Phi) is 6.36. The molecule has 1 aromatic rings. The predicted octanol–water partition coefficient (Wildman–Crippen LogP) is 2.87. The van der Waals surface area contributed by atoms with E-state index in [0.29, 0.717) is 0 Å². The fourth-order valence-electron chi connectivity index (χ4n) is 5.32. The van der Waals surface area contributed by atoms with E-state index in [-0.39, 0.29) is 0 Å². The van der Waals surface area contributed by atoms with Gasteiger partial charge in [0.25, 0.3) is 0 Å². The summed E-state index contributed by atoms with van der Waals surface area (Å²) in [5.41, 5.74) is 4.37. The van der Waals surface area contributed by atoms with Crippen LogP contribution in [0.2, 0.25) is 0 Å². The Labute approximate surface area is 156 Å². The van der Waals surface area contributed by atoms with Crippen LogP contribution >= 0.6 is 0 Å². The highest BCUT2D eigenvalue weighted by Gasteiger charge is 2.31. The summed E-state index contributed by atoms with van der Waals surface area (Å²) in [6, 6.07) is 4.54. The number of hydrogen-bond acceptors (Lipinski definition) is 1. The molecule has 3 heteroatoms. The van der Waals surface area contributed by atoms with Crippen molar-refractivity contribution in [3.05, 3.63) is 30.4 Å². The lowest BCUT2D eigenvalue weighted by Gasteiger charge is -2.38. The van der Waals surface area contributed by atoms with Crippen LogP contribution in [0.25, 0.3) is 0 Å². The number of allylic oxidation sites excluding steroid dienone is 1. The van der Waals surface area contributed by atoms with Gasteiger partial charge in [-0.25, -0.2) is 0 Å². The van der Waals surface area contributed by atoms with Crippen LogP contribution in [0.1, 0.15) is 69.8 Å². The molecular weight excluding hydrogens is 302 g/mol. The van der Waals surface area contributed by atoms with Gasteiger partial charge in [0.2, 0.25) is 0 Å². The van der Waals surface area contributed by atoms with Crippen LogP contribution in [0.3, 0.4) is 0 Å². The van der Waals surface area contributed by atoms with E-state index >= 15 is 0 Å². The molecule has 2 fully saturated rings. The van der Waals surface area contributed by atoms with Crippen molar-refractivity contribution in [2.45, 2.75) is 64.2 Å². The van der Waals surface area contributed by atoms with Gasteiger partial charge in [-0.1, -0.05) is 28.6 Å². The first-order chi connectivity index (χ1) is 12.1. The van der Waals surface area contributed by atoms with Crippen LogP contribution in [0.15, 0.2) is 24.8 Å². The van der Waals surface area contributed by atoms with Crippen LogP contribution in [0.4, 0.5) is 0 Å². The minimum absolute atomic E-state index is 0.749. The van der Waals surface area contributed by atoms with Crippen LogP contribution < -0.4 is 15.7 Å². The summed E-state index contributed by atoms with van der Waals surface area (Å²) in [7, 11) is 4.50. The summed E-state index contributed by atoms with van der Waals surface area (Å²) >= 11 is 0. The van der Waals surface area contributed by atoms with E-state index < -0.39 is 0 Å². The van der Waals surface area contributed by atoms with Crippen LogP contribution in [-0.4, -0.2) is 22.3 Å². The van der Waals surface area contributed by atoms with Crippen LogP contribution in [0, 0.1) is 17.8 Å². The molecular formula is C22H34B2O. The zero-order valence-corrected chi connectivity index (χ0v) is 16.5. The molecule has 1 nitrogen and oxygen atoms in total. The SMILES string of the molecule is Bc1c(OCC)ccc(C2CCC(C3CCC(C=C)CC3)CC2)c1B. The second-order valence-corrected chi connectivity index (χ2v) is 8.36.